The standard InChI is InChI=1S/C14H12FNO3/c1-8-3-2-4-10(13(8)18)14(19)16-12-6-5-9(17)7-11(12)15/h2-7,17-18H,1H3,(H,16,19). The molecule has 0 heterocycles. The number of rotatable bonds is 2. The monoisotopic (exact) mass is 261 g/mol. The fraction of sp³-hybridized carbons (Fsp3) is 0.0714. The molecule has 4 nitrogen and oxygen atoms in total. The molecule has 5 heteroatoms. The summed E-state index contributed by atoms with van der Waals surface area (Å²) in [4.78, 5) is 11.9. The molecule has 0 aliphatic heterocycles. The van der Waals surface area contributed by atoms with Crippen LogP contribution >= 0.6 is 0 Å². The lowest BCUT2D eigenvalue weighted by Gasteiger charge is -2.09. The van der Waals surface area contributed by atoms with Crippen LogP contribution in [0.5, 0.6) is 11.5 Å². The third-order valence-electron chi connectivity index (χ3n) is 2.68. The molecule has 2 rings (SSSR count). The van der Waals surface area contributed by atoms with Gasteiger partial charge in [-0.1, -0.05) is 12.1 Å². The van der Waals surface area contributed by atoms with Gasteiger partial charge in [0.15, 0.2) is 0 Å². The number of para-hydroxylation sites is 1. The van der Waals surface area contributed by atoms with Gasteiger partial charge in [0.05, 0.1) is 11.3 Å². The molecular weight excluding hydrogens is 249 g/mol. The van der Waals surface area contributed by atoms with E-state index in [0.717, 1.165) is 6.07 Å². The van der Waals surface area contributed by atoms with Gasteiger partial charge in [0, 0.05) is 6.07 Å². The SMILES string of the molecule is Cc1cccc(C(=O)Nc2ccc(O)cc2F)c1O. The first-order valence-corrected chi connectivity index (χ1v) is 5.57. The van der Waals surface area contributed by atoms with E-state index in [2.05, 4.69) is 5.32 Å². The summed E-state index contributed by atoms with van der Waals surface area (Å²) >= 11 is 0. The van der Waals surface area contributed by atoms with Crippen LogP contribution in [-0.2, 0) is 0 Å². The van der Waals surface area contributed by atoms with Gasteiger partial charge in [-0.25, -0.2) is 4.39 Å². The Morgan fingerprint density at radius 3 is 2.63 bits per heavy atom. The number of benzene rings is 2. The molecule has 19 heavy (non-hydrogen) atoms. The number of carbonyl (C=O) groups excluding carboxylic acids is 1. The van der Waals surface area contributed by atoms with Crippen LogP contribution in [0.25, 0.3) is 0 Å². The van der Waals surface area contributed by atoms with E-state index in [-0.39, 0.29) is 22.7 Å². The van der Waals surface area contributed by atoms with Gasteiger partial charge in [-0.05, 0) is 30.7 Å². The second-order valence-electron chi connectivity index (χ2n) is 4.09. The number of anilines is 1. The van der Waals surface area contributed by atoms with Crippen LogP contribution in [0.15, 0.2) is 36.4 Å². The van der Waals surface area contributed by atoms with Crippen molar-refractivity contribution in [3.8, 4) is 11.5 Å². The van der Waals surface area contributed by atoms with Crippen molar-refractivity contribution in [2.24, 2.45) is 0 Å². The third kappa shape index (κ3) is 2.65. The molecule has 0 atom stereocenters. The number of halogens is 1. The molecule has 0 aliphatic carbocycles. The van der Waals surface area contributed by atoms with Crippen molar-refractivity contribution in [3.63, 3.8) is 0 Å². The summed E-state index contributed by atoms with van der Waals surface area (Å²) in [7, 11) is 0. The quantitative estimate of drug-likeness (QED) is 0.728. The van der Waals surface area contributed by atoms with Crippen molar-refractivity contribution < 1.29 is 19.4 Å². The van der Waals surface area contributed by atoms with E-state index < -0.39 is 11.7 Å². The fourth-order valence-corrected chi connectivity index (χ4v) is 1.64. The summed E-state index contributed by atoms with van der Waals surface area (Å²) in [6.45, 7) is 1.66. The normalized spacial score (nSPS) is 10.2. The first-order valence-electron chi connectivity index (χ1n) is 5.57. The topological polar surface area (TPSA) is 69.6 Å². The Hall–Kier alpha value is -2.56. The Kier molecular flexibility index (Phi) is 3.37. The molecular formula is C14H12FNO3. The molecule has 0 fully saturated rings. The van der Waals surface area contributed by atoms with E-state index in [9.17, 15) is 14.3 Å². The highest BCUT2D eigenvalue weighted by Crippen LogP contribution is 2.24. The van der Waals surface area contributed by atoms with Crippen LogP contribution in [-0.4, -0.2) is 16.1 Å². The molecule has 0 saturated heterocycles. The van der Waals surface area contributed by atoms with Crippen molar-refractivity contribution >= 4 is 11.6 Å². The van der Waals surface area contributed by atoms with Crippen molar-refractivity contribution in [1.82, 2.24) is 0 Å². The Balaban J connectivity index is 2.28. The second-order valence-corrected chi connectivity index (χ2v) is 4.09. The minimum atomic E-state index is -0.750. The maximum absolute atomic E-state index is 13.5. The van der Waals surface area contributed by atoms with E-state index in [4.69, 9.17) is 5.11 Å². The van der Waals surface area contributed by atoms with Crippen LogP contribution in [0.4, 0.5) is 10.1 Å². The minimum Gasteiger partial charge on any atom is -0.508 e. The van der Waals surface area contributed by atoms with Gasteiger partial charge < -0.3 is 15.5 Å². The summed E-state index contributed by atoms with van der Waals surface area (Å²) in [6.07, 6.45) is 0. The maximum Gasteiger partial charge on any atom is 0.259 e. The van der Waals surface area contributed by atoms with Gasteiger partial charge in [0.25, 0.3) is 5.91 Å². The van der Waals surface area contributed by atoms with Gasteiger partial charge in [0.2, 0.25) is 0 Å². The van der Waals surface area contributed by atoms with Crippen LogP contribution in [0.2, 0.25) is 0 Å². The van der Waals surface area contributed by atoms with Gasteiger partial charge in [-0.3, -0.25) is 4.79 Å². The van der Waals surface area contributed by atoms with Gasteiger partial charge in [-0.15, -0.1) is 0 Å². The number of amides is 1. The predicted octanol–water partition coefficient (Wildman–Crippen LogP) is 2.80. The minimum absolute atomic E-state index is 0.0625. The largest absolute Gasteiger partial charge is 0.508 e. The summed E-state index contributed by atoms with van der Waals surface area (Å²) in [6, 6.07) is 8.12. The lowest BCUT2D eigenvalue weighted by Crippen LogP contribution is -2.13. The Bertz CT molecular complexity index is 641. The molecule has 0 saturated carbocycles. The highest BCUT2D eigenvalue weighted by molar-refractivity contribution is 6.06. The molecule has 3 N–H and O–H groups in total. The van der Waals surface area contributed by atoms with E-state index in [1.54, 1.807) is 19.1 Å². The van der Waals surface area contributed by atoms with Crippen molar-refractivity contribution in [3.05, 3.63) is 53.3 Å². The average Bonchev–Trinajstić information content (AvgIpc) is 2.36. The summed E-state index contributed by atoms with van der Waals surface area (Å²) in [5.74, 6) is -1.74. The summed E-state index contributed by atoms with van der Waals surface area (Å²) in [5.41, 5.74) is 0.551. The Morgan fingerprint density at radius 1 is 1.21 bits per heavy atom. The Labute approximate surface area is 109 Å². The first-order chi connectivity index (χ1) is 8.99. The lowest BCUT2D eigenvalue weighted by molar-refractivity contribution is 0.102. The van der Waals surface area contributed by atoms with E-state index >= 15 is 0 Å². The van der Waals surface area contributed by atoms with Crippen molar-refractivity contribution in [2.75, 3.05) is 5.32 Å². The molecule has 0 bridgehead atoms. The van der Waals surface area contributed by atoms with Crippen LogP contribution in [0.1, 0.15) is 15.9 Å². The predicted molar refractivity (Wildman–Crippen MR) is 68.9 cm³/mol. The van der Waals surface area contributed by atoms with Gasteiger partial charge in [-0.2, -0.15) is 0 Å². The third-order valence-corrected chi connectivity index (χ3v) is 2.68. The number of aryl methyl sites for hydroxylation is 1. The van der Waals surface area contributed by atoms with Crippen molar-refractivity contribution in [1.29, 1.82) is 0 Å². The van der Waals surface area contributed by atoms with Crippen molar-refractivity contribution in [2.45, 2.75) is 6.92 Å². The molecule has 0 radical (unpaired) electrons. The number of carbonyl (C=O) groups is 1. The van der Waals surface area contributed by atoms with E-state index in [1.165, 1.54) is 18.2 Å². The molecule has 0 spiro atoms. The number of hydrogen-bond acceptors (Lipinski definition) is 3. The summed E-state index contributed by atoms with van der Waals surface area (Å²) < 4.78 is 13.5. The molecule has 0 aliphatic rings. The fourth-order valence-electron chi connectivity index (χ4n) is 1.64. The molecule has 0 aromatic heterocycles. The smallest absolute Gasteiger partial charge is 0.259 e. The van der Waals surface area contributed by atoms with Crippen LogP contribution < -0.4 is 5.32 Å². The van der Waals surface area contributed by atoms with Crippen LogP contribution in [0, 0.1) is 12.7 Å². The zero-order valence-corrected chi connectivity index (χ0v) is 10.1. The van der Waals surface area contributed by atoms with Gasteiger partial charge in [0.1, 0.15) is 17.3 Å². The van der Waals surface area contributed by atoms with E-state index in [1.807, 2.05) is 0 Å². The number of phenolic OH excluding ortho intramolecular Hbond substituents is 2. The second kappa shape index (κ2) is 4.97. The number of aromatic hydroxyl groups is 2. The molecule has 98 valence electrons. The number of hydrogen-bond donors (Lipinski definition) is 3. The van der Waals surface area contributed by atoms with E-state index in [0.29, 0.717) is 5.56 Å². The highest BCUT2D eigenvalue weighted by Gasteiger charge is 2.14. The Morgan fingerprint density at radius 2 is 1.95 bits per heavy atom. The summed E-state index contributed by atoms with van der Waals surface area (Å²) in [5, 5.41) is 21.2. The van der Waals surface area contributed by atoms with Gasteiger partial charge >= 0.3 is 0 Å². The highest BCUT2D eigenvalue weighted by atomic mass is 19.1. The molecule has 0 unspecified atom stereocenters. The first kappa shape index (κ1) is 12.9. The van der Waals surface area contributed by atoms with Crippen LogP contribution in [0.3, 0.4) is 0 Å². The zero-order valence-electron chi connectivity index (χ0n) is 10.1. The number of nitrogens with one attached hydrogen (secondary N) is 1. The molecule has 2 aromatic carbocycles. The molecule has 1 amide bonds. The zero-order chi connectivity index (χ0) is 14.0. The average molecular weight is 261 g/mol. The number of phenols is 2. The maximum atomic E-state index is 13.5. The lowest BCUT2D eigenvalue weighted by atomic mass is 10.1. The molecule has 2 aromatic rings.